The average molecular weight is 646 g/mol. The molecule has 2 bridgehead atoms. The maximum atomic E-state index is 13.0. The van der Waals surface area contributed by atoms with E-state index in [1.54, 1.807) is 12.2 Å². The first-order valence-electron chi connectivity index (χ1n) is 14.8. The van der Waals surface area contributed by atoms with Crippen molar-refractivity contribution in [2.24, 2.45) is 0 Å². The number of phenols is 2. The van der Waals surface area contributed by atoms with Crippen LogP contribution in [0, 0.1) is 25.2 Å². The molecule has 1 fully saturated rings. The van der Waals surface area contributed by atoms with Gasteiger partial charge in [-0.1, -0.05) is 6.07 Å². The highest BCUT2D eigenvalue weighted by Crippen LogP contribution is 2.58. The Morgan fingerprint density at radius 2 is 1.85 bits per heavy atom. The second-order valence-corrected chi connectivity index (χ2v) is 12.2. The lowest BCUT2D eigenvalue weighted by Crippen LogP contribution is -2.69. The maximum Gasteiger partial charge on any atom is 0.471 e. The zero-order valence-corrected chi connectivity index (χ0v) is 25.8. The van der Waals surface area contributed by atoms with Crippen molar-refractivity contribution in [3.05, 3.63) is 39.4 Å². The van der Waals surface area contributed by atoms with E-state index in [1.807, 2.05) is 24.9 Å². The third kappa shape index (κ3) is 4.65. The molecule has 1 unspecified atom stereocenters. The number of aromatic hydroxyl groups is 2. The van der Waals surface area contributed by atoms with E-state index in [9.17, 15) is 38.2 Å². The van der Waals surface area contributed by atoms with Gasteiger partial charge in [0, 0.05) is 40.9 Å². The summed E-state index contributed by atoms with van der Waals surface area (Å²) in [6.07, 6.45) is -4.51. The summed E-state index contributed by atoms with van der Waals surface area (Å²) in [5.41, 5.74) is 3.71. The van der Waals surface area contributed by atoms with Gasteiger partial charge in [0.2, 0.25) is 12.7 Å². The first kappa shape index (κ1) is 31.6. The van der Waals surface area contributed by atoms with Gasteiger partial charge in [-0.25, -0.2) is 0 Å². The van der Waals surface area contributed by atoms with Gasteiger partial charge in [-0.05, 0) is 51.8 Å². The van der Waals surface area contributed by atoms with Gasteiger partial charge in [-0.15, -0.1) is 0 Å². The van der Waals surface area contributed by atoms with Gasteiger partial charge >= 0.3 is 12.1 Å². The minimum atomic E-state index is -5.17. The van der Waals surface area contributed by atoms with Gasteiger partial charge in [-0.3, -0.25) is 19.4 Å². The third-order valence-corrected chi connectivity index (χ3v) is 9.76. The molecule has 12 nitrogen and oxygen atoms in total. The fourth-order valence-electron chi connectivity index (χ4n) is 7.74. The summed E-state index contributed by atoms with van der Waals surface area (Å²) in [5.74, 6) is -2.18. The first-order chi connectivity index (χ1) is 21.7. The maximum absolute atomic E-state index is 13.0. The van der Waals surface area contributed by atoms with Crippen molar-refractivity contribution in [3.8, 4) is 34.8 Å². The second-order valence-electron chi connectivity index (χ2n) is 12.2. The molecule has 0 saturated carbocycles. The molecule has 4 N–H and O–H groups in total. The molecule has 6 rings (SSSR count). The normalized spacial score (nSPS) is 25.4. The number of carbonyl (C=O) groups excluding carboxylic acids is 2. The number of benzene rings is 2. The molecule has 0 aliphatic carbocycles. The zero-order chi connectivity index (χ0) is 33.4. The topological polar surface area (TPSA) is 157 Å². The van der Waals surface area contributed by atoms with Crippen LogP contribution in [-0.4, -0.2) is 89.7 Å². The van der Waals surface area contributed by atoms with Crippen LogP contribution in [0.2, 0.25) is 0 Å². The number of halogens is 3. The summed E-state index contributed by atoms with van der Waals surface area (Å²) in [6, 6.07) is -0.0339. The lowest BCUT2D eigenvalue weighted by molar-refractivity contribution is -0.174. The molecule has 1 saturated heterocycles. The second kappa shape index (κ2) is 11.1. The van der Waals surface area contributed by atoms with Crippen LogP contribution in [0.15, 0.2) is 6.07 Å². The number of ether oxygens (including phenoxy) is 3. The van der Waals surface area contributed by atoms with Crippen molar-refractivity contribution >= 4 is 11.8 Å². The van der Waals surface area contributed by atoms with E-state index < -0.39 is 48.2 Å². The Hall–Kier alpha value is -4.42. The number of nitrogens with one attached hydrogen (secondary N) is 2. The Labute approximate surface area is 262 Å². The number of phenolic OH excluding ortho intramolecular Hbond substituents is 2. The molecule has 4 heterocycles. The number of nitrogens with zero attached hydrogens (tertiary/aromatic N) is 3. The van der Waals surface area contributed by atoms with Crippen LogP contribution in [0.1, 0.15) is 52.4 Å². The highest BCUT2D eigenvalue weighted by atomic mass is 19.4. The van der Waals surface area contributed by atoms with Crippen LogP contribution in [-0.2, 0) is 22.4 Å². The molecule has 4 aliphatic heterocycles. The summed E-state index contributed by atoms with van der Waals surface area (Å²) >= 11 is 0. The quantitative estimate of drug-likeness (QED) is 0.381. The number of piperazine rings is 1. The summed E-state index contributed by atoms with van der Waals surface area (Å²) in [6.45, 7) is 4.33. The molecule has 46 heavy (non-hydrogen) atoms. The summed E-state index contributed by atoms with van der Waals surface area (Å²) in [4.78, 5) is 28.5. The van der Waals surface area contributed by atoms with Gasteiger partial charge in [0.15, 0.2) is 23.0 Å². The molecular weight excluding hydrogens is 611 g/mol. The Morgan fingerprint density at radius 3 is 2.50 bits per heavy atom. The van der Waals surface area contributed by atoms with E-state index in [0.717, 1.165) is 18.1 Å². The SMILES string of the molecule is COc1c(C)cc2c(c1O)[C@H]1C3Cc4c(O)c(C)c5c(c4[C@H](CNC(=O)[C@H](C)NC(=O)C(F)(F)F)N3[C@@H](C#N)[C@H](C2)N1C)OCO5. The number of amides is 2. The predicted octanol–water partition coefficient (Wildman–Crippen LogP) is 2.41. The molecule has 0 spiro atoms. The number of nitriles is 1. The zero-order valence-electron chi connectivity index (χ0n) is 25.8. The van der Waals surface area contributed by atoms with Crippen LogP contribution in [0.5, 0.6) is 28.7 Å². The lowest BCUT2D eigenvalue weighted by Gasteiger charge is -2.60. The van der Waals surface area contributed by atoms with Crippen LogP contribution < -0.4 is 24.8 Å². The molecule has 15 heteroatoms. The Kier molecular flexibility index (Phi) is 7.63. The van der Waals surface area contributed by atoms with Gasteiger partial charge in [0.25, 0.3) is 0 Å². The van der Waals surface area contributed by atoms with Crippen LogP contribution in [0.4, 0.5) is 13.2 Å². The standard InChI is InChI=1S/C31H34F3N5O7/c1-12-6-15-7-17-19(9-35)39-18(23(38(17)4)21(15)25(41)26(12)44-5)8-16-22(28-27(45-11-46-28)13(2)24(16)40)20(39)10-36-29(42)14(3)37-30(43)31(32,33)34/h6,14,17-20,23,40-41H,7-8,10-11H2,1-5H3,(H,36,42)(H,37,43)/t14-,17-,18?,19-,20-,23+/m0/s1. The van der Waals surface area contributed by atoms with E-state index in [0.29, 0.717) is 45.9 Å². The molecule has 246 valence electrons. The number of likely N-dealkylation sites (N-methyl/N-ethyl adjacent to an activating group) is 1. The van der Waals surface area contributed by atoms with E-state index in [2.05, 4.69) is 16.3 Å². The Morgan fingerprint density at radius 1 is 1.15 bits per heavy atom. The largest absolute Gasteiger partial charge is 0.507 e. The van der Waals surface area contributed by atoms with Gasteiger partial charge in [-0.2, -0.15) is 18.4 Å². The van der Waals surface area contributed by atoms with Crippen molar-refractivity contribution < 1.29 is 47.2 Å². The first-order valence-corrected chi connectivity index (χ1v) is 14.8. The van der Waals surface area contributed by atoms with Crippen molar-refractivity contribution in [3.63, 3.8) is 0 Å². The molecular formula is C31H34F3N5O7. The number of rotatable bonds is 5. The molecule has 4 aliphatic rings. The predicted molar refractivity (Wildman–Crippen MR) is 155 cm³/mol. The van der Waals surface area contributed by atoms with Crippen molar-refractivity contribution in [1.82, 2.24) is 20.4 Å². The highest BCUT2D eigenvalue weighted by Gasteiger charge is 2.56. The molecule has 2 aromatic carbocycles. The molecule has 0 radical (unpaired) electrons. The number of alkyl halides is 3. The third-order valence-electron chi connectivity index (χ3n) is 9.76. The fraction of sp³-hybridized carbons (Fsp3) is 0.516. The molecule has 6 atom stereocenters. The summed E-state index contributed by atoms with van der Waals surface area (Å²) < 4.78 is 55.7. The summed E-state index contributed by atoms with van der Waals surface area (Å²) in [7, 11) is 3.35. The number of fused-ring (bicyclic) bond motifs is 9. The number of hydrogen-bond acceptors (Lipinski definition) is 10. The van der Waals surface area contributed by atoms with Crippen molar-refractivity contribution in [2.45, 2.75) is 76.0 Å². The smallest absolute Gasteiger partial charge is 0.471 e. The number of carbonyl (C=O) groups is 2. The van der Waals surface area contributed by atoms with E-state index >= 15 is 0 Å². The average Bonchev–Trinajstić information content (AvgIpc) is 3.48. The fourth-order valence-corrected chi connectivity index (χ4v) is 7.74. The van der Waals surface area contributed by atoms with Crippen LogP contribution >= 0.6 is 0 Å². The number of hydrogen-bond donors (Lipinski definition) is 4. The monoisotopic (exact) mass is 645 g/mol. The minimum absolute atomic E-state index is 0.0147. The highest BCUT2D eigenvalue weighted by molar-refractivity contribution is 5.89. The Balaban J connectivity index is 1.47. The van der Waals surface area contributed by atoms with Gasteiger partial charge < -0.3 is 35.1 Å². The lowest BCUT2D eigenvalue weighted by atomic mass is 9.71. The van der Waals surface area contributed by atoms with Crippen LogP contribution in [0.3, 0.4) is 0 Å². The van der Waals surface area contributed by atoms with Crippen molar-refractivity contribution in [2.75, 3.05) is 27.5 Å². The molecule has 2 aromatic rings. The van der Waals surface area contributed by atoms with E-state index in [-0.39, 0.29) is 37.3 Å². The Bertz CT molecular complexity index is 1680. The molecule has 0 aromatic heterocycles. The minimum Gasteiger partial charge on any atom is -0.507 e. The number of methoxy groups -OCH3 is 1. The number of aryl methyl sites for hydroxylation is 1. The van der Waals surface area contributed by atoms with Crippen LogP contribution in [0.25, 0.3) is 0 Å². The summed E-state index contributed by atoms with van der Waals surface area (Å²) in [5, 5.41) is 38.0. The van der Waals surface area contributed by atoms with E-state index in [1.165, 1.54) is 7.11 Å². The molecule has 2 amide bonds. The van der Waals surface area contributed by atoms with Gasteiger partial charge in [0.1, 0.15) is 17.8 Å². The van der Waals surface area contributed by atoms with Crippen molar-refractivity contribution in [1.29, 1.82) is 5.26 Å². The van der Waals surface area contributed by atoms with E-state index in [4.69, 9.17) is 14.2 Å². The van der Waals surface area contributed by atoms with Gasteiger partial charge in [0.05, 0.1) is 25.3 Å².